The molecule has 1 aliphatic rings. The summed E-state index contributed by atoms with van der Waals surface area (Å²) in [6.45, 7) is -3.72. The van der Waals surface area contributed by atoms with Crippen LogP contribution in [0.5, 0.6) is 11.6 Å². The van der Waals surface area contributed by atoms with Crippen LogP contribution in [-0.4, -0.2) is 73.6 Å². The summed E-state index contributed by atoms with van der Waals surface area (Å²) < 4.78 is 98.3. The van der Waals surface area contributed by atoms with Crippen LogP contribution in [0.25, 0.3) is 0 Å². The van der Waals surface area contributed by atoms with E-state index in [4.69, 9.17) is 27.9 Å². The number of benzene rings is 1. The number of rotatable bonds is 8. The van der Waals surface area contributed by atoms with Crippen molar-refractivity contribution in [3.05, 3.63) is 41.1 Å². The van der Waals surface area contributed by atoms with Gasteiger partial charge in [0.2, 0.25) is 12.2 Å². The average Bonchev–Trinajstić information content (AvgIpc) is 3.18. The highest BCUT2D eigenvalue weighted by Crippen LogP contribution is 2.31. The van der Waals surface area contributed by atoms with E-state index in [-0.39, 0.29) is 11.3 Å². The van der Waals surface area contributed by atoms with Gasteiger partial charge in [-0.1, -0.05) is 12.1 Å². The first-order valence-corrected chi connectivity index (χ1v) is 9.84. The van der Waals surface area contributed by atoms with Gasteiger partial charge >= 0.3 is 0 Å². The van der Waals surface area contributed by atoms with Gasteiger partial charge < -0.3 is 34.6 Å². The molecule has 0 spiro atoms. The van der Waals surface area contributed by atoms with Crippen molar-refractivity contribution in [2.75, 3.05) is 6.61 Å². The second-order valence-corrected chi connectivity index (χ2v) is 7.50. The highest BCUT2D eigenvalue weighted by Gasteiger charge is 2.45. The third-order valence-corrected chi connectivity index (χ3v) is 4.82. The largest absolute Gasteiger partial charge is 0.491 e. The van der Waals surface area contributed by atoms with Crippen molar-refractivity contribution in [2.24, 2.45) is 0 Å². The van der Waals surface area contributed by atoms with Crippen LogP contribution in [0.1, 0.15) is 64.1 Å². The zero-order valence-electron chi connectivity index (χ0n) is 27.8. The smallest absolute Gasteiger partial charge is 0.239 e. The Bertz CT molecular complexity index is 1230. The number of ether oxygens (including phenoxy) is 3. The molecule has 2 aromatic rings. The molecule has 2 heterocycles. The van der Waals surface area contributed by atoms with Crippen molar-refractivity contribution in [3.8, 4) is 11.6 Å². The number of aromatic nitrogens is 2. The Labute approximate surface area is 202 Å². The van der Waals surface area contributed by atoms with E-state index in [0.29, 0.717) is 4.68 Å². The molecule has 3 rings (SSSR count). The number of hydrogen-bond acceptors (Lipinski definition) is 8. The lowest BCUT2D eigenvalue weighted by Gasteiger charge is -2.39. The normalized spacial score (nSPS) is 32.5. The predicted octanol–water partition coefficient (Wildman–Crippen LogP) is 1.33. The summed E-state index contributed by atoms with van der Waals surface area (Å²) in [7, 11) is 0. The summed E-state index contributed by atoms with van der Waals surface area (Å²) in [5.74, 6) is -0.547. The van der Waals surface area contributed by atoms with Crippen LogP contribution >= 0.6 is 0 Å². The molecule has 1 fully saturated rings. The van der Waals surface area contributed by atoms with E-state index in [9.17, 15) is 20.4 Å². The quantitative estimate of drug-likeness (QED) is 0.465. The maximum absolute atomic E-state index is 10.5. The van der Waals surface area contributed by atoms with Gasteiger partial charge in [-0.2, -0.15) is 0 Å². The van der Waals surface area contributed by atoms with Crippen LogP contribution in [0.4, 0.5) is 0 Å². The molecule has 0 bridgehead atoms. The Hall–Kier alpha value is -2.17. The van der Waals surface area contributed by atoms with Crippen LogP contribution in [0, 0.1) is 6.92 Å². The zero-order chi connectivity index (χ0) is 32.2. The topological polar surface area (TPSA) is 126 Å². The lowest BCUT2D eigenvalue weighted by Crippen LogP contribution is -2.60. The third-order valence-electron chi connectivity index (χ3n) is 4.82. The second-order valence-electron chi connectivity index (χ2n) is 7.50. The van der Waals surface area contributed by atoms with Crippen LogP contribution in [0.2, 0.25) is 0 Å². The lowest BCUT2D eigenvalue weighted by atomic mass is 9.99. The number of hydrogen-bond donors (Lipinski definition) is 4. The Morgan fingerprint density at radius 3 is 2.47 bits per heavy atom. The summed E-state index contributed by atoms with van der Waals surface area (Å²) in [6.07, 6.45) is -12.9. The summed E-state index contributed by atoms with van der Waals surface area (Å²) >= 11 is 0. The summed E-state index contributed by atoms with van der Waals surface area (Å²) in [5, 5.41) is 44.2. The van der Waals surface area contributed by atoms with E-state index in [1.807, 2.05) is 0 Å². The molecule has 1 aliphatic heterocycles. The van der Waals surface area contributed by atoms with Crippen LogP contribution in [-0.2, 0) is 11.1 Å². The molecule has 32 heavy (non-hydrogen) atoms. The molecular formula is C23H34N2O7. The van der Waals surface area contributed by atoms with Crippen molar-refractivity contribution in [2.45, 2.75) is 83.7 Å². The lowest BCUT2D eigenvalue weighted by molar-refractivity contribution is -0.278. The molecule has 9 heteroatoms. The van der Waals surface area contributed by atoms with Gasteiger partial charge in [-0.05, 0) is 52.2 Å². The molecule has 178 valence electrons. The van der Waals surface area contributed by atoms with Gasteiger partial charge in [0.05, 0.1) is 15.4 Å². The molecule has 0 amide bonds. The van der Waals surface area contributed by atoms with Gasteiger partial charge in [-0.3, -0.25) is 4.68 Å². The fourth-order valence-electron chi connectivity index (χ4n) is 3.18. The Balaban J connectivity index is 2.23. The maximum Gasteiger partial charge on any atom is 0.239 e. The Morgan fingerprint density at radius 2 is 1.88 bits per heavy atom. The molecular weight excluding hydrogens is 416 g/mol. The van der Waals surface area contributed by atoms with Gasteiger partial charge in [-0.25, -0.2) is 0 Å². The first-order valence-electron chi connectivity index (χ1n) is 14.8. The Morgan fingerprint density at radius 1 is 1.19 bits per heavy atom. The van der Waals surface area contributed by atoms with E-state index in [2.05, 4.69) is 5.10 Å². The summed E-state index contributed by atoms with van der Waals surface area (Å²) in [4.78, 5) is 0. The SMILES string of the molecule is [2H]C(C)(C)Oc1ccc(C([2H])([2H])c2c(O[C@@H]3O[C@H](CO)[C@@H](O)[C@H](O)[C@H]3O)nn(C([2H])(C([2H])([2H])[2H])C([2H])([2H])[2H])c2C)cc1. The van der Waals surface area contributed by atoms with Crippen LogP contribution in [0.3, 0.4) is 0 Å². The number of aliphatic hydroxyl groups is 4. The fourth-order valence-corrected chi connectivity index (χ4v) is 3.18. The minimum atomic E-state index is -3.51. The molecule has 4 N–H and O–H groups in total. The monoisotopic (exact) mass is 460 g/mol. The van der Waals surface area contributed by atoms with Gasteiger partial charge in [0.25, 0.3) is 0 Å². The van der Waals surface area contributed by atoms with Gasteiger partial charge in [0, 0.05) is 34.6 Å². The molecule has 0 radical (unpaired) electrons. The summed E-state index contributed by atoms with van der Waals surface area (Å²) in [5.41, 5.74) is -1.02. The number of nitrogens with zero attached hydrogens (tertiary/aromatic N) is 2. The Kier molecular flexibility index (Phi) is 4.51. The minimum Gasteiger partial charge on any atom is -0.491 e. The van der Waals surface area contributed by atoms with E-state index in [0.717, 1.165) is 6.92 Å². The molecule has 9 nitrogen and oxygen atoms in total. The van der Waals surface area contributed by atoms with Crippen molar-refractivity contribution < 1.29 is 48.3 Å². The summed E-state index contributed by atoms with van der Waals surface area (Å²) in [6, 6.07) is 1.93. The predicted molar refractivity (Wildman–Crippen MR) is 117 cm³/mol. The highest BCUT2D eigenvalue weighted by atomic mass is 16.7. The molecule has 0 saturated carbocycles. The van der Waals surface area contributed by atoms with Crippen molar-refractivity contribution in [3.63, 3.8) is 0 Å². The van der Waals surface area contributed by atoms with Gasteiger partial charge in [0.15, 0.2) is 0 Å². The molecule has 1 aromatic heterocycles. The highest BCUT2D eigenvalue weighted by molar-refractivity contribution is 5.38. The second kappa shape index (κ2) is 10.2. The van der Waals surface area contributed by atoms with Crippen molar-refractivity contribution in [1.29, 1.82) is 0 Å². The fraction of sp³-hybridized carbons (Fsp3) is 0.609. The first-order chi connectivity index (χ1) is 19.0. The molecule has 1 aromatic carbocycles. The van der Waals surface area contributed by atoms with E-state index < -0.39 is 86.6 Å². The first kappa shape index (κ1) is 14.2. The zero-order valence-corrected chi connectivity index (χ0v) is 17.8. The average molecular weight is 461 g/mol. The molecule has 0 aliphatic carbocycles. The van der Waals surface area contributed by atoms with Gasteiger partial charge in [-0.15, -0.1) is 5.10 Å². The third kappa shape index (κ3) is 5.24. The molecule has 1 saturated heterocycles. The van der Waals surface area contributed by atoms with Crippen LogP contribution < -0.4 is 9.47 Å². The van der Waals surface area contributed by atoms with E-state index in [1.165, 1.54) is 38.1 Å². The van der Waals surface area contributed by atoms with Crippen molar-refractivity contribution >= 4 is 0 Å². The maximum atomic E-state index is 10.5. The molecule has 5 atom stereocenters. The number of aliphatic hydroxyl groups excluding tert-OH is 4. The van der Waals surface area contributed by atoms with E-state index in [1.54, 1.807) is 0 Å². The van der Waals surface area contributed by atoms with Gasteiger partial charge in [0.1, 0.15) is 30.2 Å². The van der Waals surface area contributed by atoms with Crippen molar-refractivity contribution in [1.82, 2.24) is 9.78 Å². The molecule has 0 unspecified atom stereocenters. The minimum absolute atomic E-state index is 0.0720. The standard InChI is InChI=1S/C23H34N2O7/c1-12(2)25-14(5)17(10-15-6-8-16(9-7-15)30-13(3)4)22(24-25)32-23-21(29)20(28)19(27)18(11-26)31-23/h6-9,12-13,18-21,23,26-29H,10-11H2,1-5H3/t18-,19-,20+,21-,23+/m1/s1/i1D3,2D3,10D2,12D,13D. The van der Waals surface area contributed by atoms with Crippen LogP contribution in [0.15, 0.2) is 24.3 Å². The van der Waals surface area contributed by atoms with E-state index >= 15 is 0 Å².